The number of nitrogens with zero attached hydrogens (tertiary/aromatic N) is 2. The van der Waals surface area contributed by atoms with Gasteiger partial charge in [-0.25, -0.2) is 9.97 Å². The van der Waals surface area contributed by atoms with Crippen LogP contribution in [-0.2, 0) is 0 Å². The lowest BCUT2D eigenvalue weighted by Gasteiger charge is -2.06. The molecule has 0 aliphatic heterocycles. The van der Waals surface area contributed by atoms with E-state index >= 15 is 0 Å². The number of nitrogen functional groups attached to an aromatic ring is 1. The molecule has 2 aromatic heterocycles. The maximum absolute atomic E-state index is 6.04. The lowest BCUT2D eigenvalue weighted by molar-refractivity contribution is 1.23. The fourth-order valence-electron chi connectivity index (χ4n) is 1.94. The average Bonchev–Trinajstić information content (AvgIpc) is 2.75. The summed E-state index contributed by atoms with van der Waals surface area (Å²) in [4.78, 5) is 8.97. The molecule has 3 rings (SSSR count). The number of rotatable bonds is 1. The van der Waals surface area contributed by atoms with Gasteiger partial charge in [0, 0.05) is 16.3 Å². The Labute approximate surface area is 117 Å². The summed E-state index contributed by atoms with van der Waals surface area (Å²) in [5.74, 6) is 1.21. The highest BCUT2D eigenvalue weighted by molar-refractivity contribution is 9.11. The first-order valence-electron chi connectivity index (χ1n) is 5.42. The first kappa shape index (κ1) is 11.6. The molecule has 18 heavy (non-hydrogen) atoms. The van der Waals surface area contributed by atoms with Crippen molar-refractivity contribution in [3.05, 3.63) is 39.0 Å². The van der Waals surface area contributed by atoms with Crippen molar-refractivity contribution in [3.8, 4) is 11.4 Å². The number of fused-ring (bicyclic) bond motifs is 1. The Balaban J connectivity index is 2.28. The van der Waals surface area contributed by atoms with Crippen molar-refractivity contribution in [2.24, 2.45) is 0 Å². The maximum Gasteiger partial charge on any atom is 0.163 e. The zero-order chi connectivity index (χ0) is 12.7. The molecule has 0 spiro atoms. The number of aromatic nitrogens is 2. The second-order valence-electron chi connectivity index (χ2n) is 4.04. The molecule has 0 saturated heterocycles. The molecule has 0 bridgehead atoms. The Kier molecular flexibility index (Phi) is 2.80. The largest absolute Gasteiger partial charge is 0.383 e. The van der Waals surface area contributed by atoms with Crippen LogP contribution >= 0.6 is 27.3 Å². The van der Waals surface area contributed by atoms with Gasteiger partial charge in [0.2, 0.25) is 0 Å². The van der Waals surface area contributed by atoms with Gasteiger partial charge < -0.3 is 5.73 Å². The second kappa shape index (κ2) is 4.33. The molecular weight excluding hydrogens is 310 g/mol. The number of halogens is 1. The van der Waals surface area contributed by atoms with E-state index in [1.165, 1.54) is 0 Å². The molecule has 3 aromatic rings. The molecule has 3 nitrogen and oxygen atoms in total. The molecule has 0 amide bonds. The minimum Gasteiger partial charge on any atom is -0.383 e. The second-order valence-corrected chi connectivity index (χ2v) is 6.33. The highest BCUT2D eigenvalue weighted by atomic mass is 79.9. The van der Waals surface area contributed by atoms with Gasteiger partial charge in [0.05, 0.1) is 9.30 Å². The van der Waals surface area contributed by atoms with Crippen LogP contribution in [0.4, 0.5) is 5.82 Å². The van der Waals surface area contributed by atoms with Crippen molar-refractivity contribution in [2.75, 3.05) is 5.73 Å². The molecule has 0 atom stereocenters. The van der Waals surface area contributed by atoms with Crippen molar-refractivity contribution >= 4 is 44.0 Å². The standard InChI is InChI=1S/C13H10BrN3S/c1-7-3-2-4-9-11(7)12(15)17-13(16-9)8-5-10(14)18-6-8/h2-6H,1H3,(H2,15,16,17). The minimum atomic E-state index is 0.537. The van der Waals surface area contributed by atoms with Gasteiger partial charge in [-0.15, -0.1) is 11.3 Å². The monoisotopic (exact) mass is 319 g/mol. The first-order valence-corrected chi connectivity index (χ1v) is 7.09. The van der Waals surface area contributed by atoms with Crippen LogP contribution in [0, 0.1) is 6.92 Å². The van der Waals surface area contributed by atoms with E-state index in [0.29, 0.717) is 11.6 Å². The number of hydrogen-bond donors (Lipinski definition) is 1. The van der Waals surface area contributed by atoms with Crippen molar-refractivity contribution in [1.29, 1.82) is 0 Å². The normalized spacial score (nSPS) is 11.0. The molecular formula is C13H10BrN3S. The summed E-state index contributed by atoms with van der Waals surface area (Å²) in [6.45, 7) is 2.02. The van der Waals surface area contributed by atoms with Gasteiger partial charge in [0.1, 0.15) is 5.82 Å². The van der Waals surface area contributed by atoms with E-state index in [-0.39, 0.29) is 0 Å². The zero-order valence-electron chi connectivity index (χ0n) is 9.64. The molecule has 1 aromatic carbocycles. The number of hydrogen-bond acceptors (Lipinski definition) is 4. The van der Waals surface area contributed by atoms with Gasteiger partial charge in [-0.2, -0.15) is 0 Å². The SMILES string of the molecule is Cc1cccc2nc(-c3csc(Br)c3)nc(N)c12. The molecule has 0 radical (unpaired) electrons. The fourth-order valence-corrected chi connectivity index (χ4v) is 3.08. The first-order chi connectivity index (χ1) is 8.65. The third-order valence-electron chi connectivity index (χ3n) is 2.79. The summed E-state index contributed by atoms with van der Waals surface area (Å²) in [5.41, 5.74) is 9.02. The highest BCUT2D eigenvalue weighted by Crippen LogP contribution is 2.30. The number of aryl methyl sites for hydroxylation is 1. The van der Waals surface area contributed by atoms with Gasteiger partial charge >= 0.3 is 0 Å². The number of nitrogens with two attached hydrogens (primary N) is 1. The van der Waals surface area contributed by atoms with Gasteiger partial charge in [-0.3, -0.25) is 0 Å². The molecule has 0 aliphatic carbocycles. The van der Waals surface area contributed by atoms with Gasteiger partial charge in [-0.05, 0) is 40.5 Å². The maximum atomic E-state index is 6.04. The van der Waals surface area contributed by atoms with Gasteiger partial charge in [0.25, 0.3) is 0 Å². The Morgan fingerprint density at radius 1 is 1.28 bits per heavy atom. The van der Waals surface area contributed by atoms with Crippen LogP contribution in [0.3, 0.4) is 0 Å². The topological polar surface area (TPSA) is 51.8 Å². The molecule has 2 heterocycles. The predicted octanol–water partition coefficient (Wildman–Crippen LogP) is 4.01. The van der Waals surface area contributed by atoms with Crippen molar-refractivity contribution in [2.45, 2.75) is 6.92 Å². The highest BCUT2D eigenvalue weighted by Gasteiger charge is 2.10. The quantitative estimate of drug-likeness (QED) is 0.737. The van der Waals surface area contributed by atoms with E-state index in [0.717, 1.165) is 25.8 Å². The summed E-state index contributed by atoms with van der Waals surface area (Å²) >= 11 is 5.05. The van der Waals surface area contributed by atoms with Crippen LogP contribution in [0.2, 0.25) is 0 Å². The van der Waals surface area contributed by atoms with Gasteiger partial charge in [-0.1, -0.05) is 12.1 Å². The Morgan fingerprint density at radius 3 is 2.83 bits per heavy atom. The summed E-state index contributed by atoms with van der Waals surface area (Å²) in [6, 6.07) is 7.96. The summed E-state index contributed by atoms with van der Waals surface area (Å²) in [6.07, 6.45) is 0. The molecule has 90 valence electrons. The lowest BCUT2D eigenvalue weighted by Crippen LogP contribution is -1.98. The van der Waals surface area contributed by atoms with E-state index in [1.54, 1.807) is 11.3 Å². The van der Waals surface area contributed by atoms with Crippen molar-refractivity contribution < 1.29 is 0 Å². The third kappa shape index (κ3) is 1.89. The number of thiophene rings is 1. The molecule has 0 fully saturated rings. The Bertz CT molecular complexity index is 736. The molecule has 0 aliphatic rings. The van der Waals surface area contributed by atoms with Crippen molar-refractivity contribution in [3.63, 3.8) is 0 Å². The van der Waals surface area contributed by atoms with E-state index in [1.807, 2.05) is 36.6 Å². The van der Waals surface area contributed by atoms with Crippen LogP contribution in [0.1, 0.15) is 5.56 Å². The van der Waals surface area contributed by atoms with E-state index in [9.17, 15) is 0 Å². The van der Waals surface area contributed by atoms with Crippen LogP contribution < -0.4 is 5.73 Å². The molecule has 2 N–H and O–H groups in total. The minimum absolute atomic E-state index is 0.537. The van der Waals surface area contributed by atoms with Crippen LogP contribution in [-0.4, -0.2) is 9.97 Å². The molecule has 5 heteroatoms. The van der Waals surface area contributed by atoms with E-state index in [2.05, 4.69) is 25.9 Å². The van der Waals surface area contributed by atoms with Crippen molar-refractivity contribution in [1.82, 2.24) is 9.97 Å². The lowest BCUT2D eigenvalue weighted by atomic mass is 10.1. The predicted molar refractivity (Wildman–Crippen MR) is 79.7 cm³/mol. The zero-order valence-corrected chi connectivity index (χ0v) is 12.0. The van der Waals surface area contributed by atoms with Crippen LogP contribution in [0.25, 0.3) is 22.3 Å². The van der Waals surface area contributed by atoms with Gasteiger partial charge in [0.15, 0.2) is 5.82 Å². The van der Waals surface area contributed by atoms with Crippen LogP contribution in [0.15, 0.2) is 33.4 Å². The average molecular weight is 320 g/mol. The summed E-state index contributed by atoms with van der Waals surface area (Å²) in [7, 11) is 0. The van der Waals surface area contributed by atoms with E-state index < -0.39 is 0 Å². The van der Waals surface area contributed by atoms with Crippen LogP contribution in [0.5, 0.6) is 0 Å². The summed E-state index contributed by atoms with van der Waals surface area (Å²) < 4.78 is 1.06. The van der Waals surface area contributed by atoms with E-state index in [4.69, 9.17) is 5.73 Å². The fraction of sp³-hybridized carbons (Fsp3) is 0.0769. The number of anilines is 1. The summed E-state index contributed by atoms with van der Waals surface area (Å²) in [5, 5.41) is 2.95. The molecule has 0 saturated carbocycles. The number of benzene rings is 1. The Morgan fingerprint density at radius 2 is 2.11 bits per heavy atom. The Hall–Kier alpha value is -1.46. The third-order valence-corrected chi connectivity index (χ3v) is 4.29. The molecule has 0 unspecified atom stereocenters. The smallest absolute Gasteiger partial charge is 0.163 e.